The first-order valence-corrected chi connectivity index (χ1v) is 10.2. The zero-order valence-corrected chi connectivity index (χ0v) is 15.9. The third-order valence-electron chi connectivity index (χ3n) is 8.41. The second-order valence-electron chi connectivity index (χ2n) is 9.41. The Morgan fingerprint density at radius 3 is 2.62 bits per heavy atom. The molecule has 2 unspecified atom stereocenters. The van der Waals surface area contributed by atoms with Crippen molar-refractivity contribution in [3.05, 3.63) is 42.0 Å². The summed E-state index contributed by atoms with van der Waals surface area (Å²) in [4.78, 5) is 20.5. The third kappa shape index (κ3) is 2.15. The van der Waals surface area contributed by atoms with Crippen molar-refractivity contribution in [1.29, 1.82) is 0 Å². The second-order valence-corrected chi connectivity index (χ2v) is 9.41. The Hall–Kier alpha value is -1.77. The van der Waals surface area contributed by atoms with Crippen LogP contribution in [0.1, 0.15) is 64.4 Å². The van der Waals surface area contributed by atoms with Crippen LogP contribution in [0.3, 0.4) is 0 Å². The van der Waals surface area contributed by atoms with E-state index in [1.807, 2.05) is 18.5 Å². The monoisotopic (exact) mass is 348 g/mol. The topological polar surface area (TPSA) is 42.9 Å². The lowest BCUT2D eigenvalue weighted by molar-refractivity contribution is -0.117. The van der Waals surface area contributed by atoms with E-state index in [1.54, 1.807) is 6.33 Å². The molecule has 3 heteroatoms. The van der Waals surface area contributed by atoms with Crippen molar-refractivity contribution in [3.8, 4) is 0 Å². The largest absolute Gasteiger partial charge is 0.295 e. The van der Waals surface area contributed by atoms with Crippen molar-refractivity contribution in [2.24, 2.45) is 28.6 Å². The number of hydrogen-bond acceptors (Lipinski definition) is 3. The van der Waals surface area contributed by atoms with E-state index < -0.39 is 0 Å². The van der Waals surface area contributed by atoms with Crippen LogP contribution in [0, 0.1) is 28.6 Å². The Labute approximate surface area is 156 Å². The molecular formula is C23H28N2O. The SMILES string of the molecule is C[C@]12CCC(=O)C=C1CC[C@H]1C2CC[C@]2(C)C(c3cncnc3)=CCC12. The number of nitrogens with zero attached hydrogens (tertiary/aromatic N) is 2. The number of carbonyl (C=O) groups is 1. The van der Waals surface area contributed by atoms with Gasteiger partial charge in [0.05, 0.1) is 0 Å². The van der Waals surface area contributed by atoms with Crippen LogP contribution < -0.4 is 0 Å². The summed E-state index contributed by atoms with van der Waals surface area (Å²) in [6, 6.07) is 0. The summed E-state index contributed by atoms with van der Waals surface area (Å²) in [5.41, 5.74) is 4.67. The Kier molecular flexibility index (Phi) is 3.54. The number of carbonyl (C=O) groups excluding carboxylic acids is 1. The number of hydrogen-bond donors (Lipinski definition) is 0. The van der Waals surface area contributed by atoms with Gasteiger partial charge in [-0.3, -0.25) is 4.79 Å². The quantitative estimate of drug-likeness (QED) is 0.717. The molecule has 0 radical (unpaired) electrons. The highest BCUT2D eigenvalue weighted by molar-refractivity contribution is 5.91. The predicted molar refractivity (Wildman–Crippen MR) is 102 cm³/mol. The molecule has 2 fully saturated rings. The van der Waals surface area contributed by atoms with E-state index in [0.29, 0.717) is 5.78 Å². The molecule has 0 aromatic carbocycles. The van der Waals surface area contributed by atoms with Crippen molar-refractivity contribution >= 4 is 11.4 Å². The first kappa shape index (κ1) is 16.4. The number of ketones is 1. The van der Waals surface area contributed by atoms with Gasteiger partial charge in [0.2, 0.25) is 0 Å². The molecule has 1 aromatic rings. The summed E-state index contributed by atoms with van der Waals surface area (Å²) in [6.45, 7) is 4.94. The van der Waals surface area contributed by atoms with E-state index >= 15 is 0 Å². The van der Waals surface area contributed by atoms with E-state index in [-0.39, 0.29) is 10.8 Å². The normalized spacial score (nSPS) is 41.6. The lowest BCUT2D eigenvalue weighted by atomic mass is 9.47. The van der Waals surface area contributed by atoms with Gasteiger partial charge in [-0.2, -0.15) is 0 Å². The van der Waals surface area contributed by atoms with Crippen molar-refractivity contribution in [2.75, 3.05) is 0 Å². The third-order valence-corrected chi connectivity index (χ3v) is 8.41. The highest BCUT2D eigenvalue weighted by atomic mass is 16.1. The Morgan fingerprint density at radius 2 is 1.81 bits per heavy atom. The molecule has 136 valence electrons. The fraction of sp³-hybridized carbons (Fsp3) is 0.609. The first-order chi connectivity index (χ1) is 12.5. The molecule has 0 aliphatic heterocycles. The minimum Gasteiger partial charge on any atom is -0.295 e. The maximum absolute atomic E-state index is 12.0. The van der Waals surface area contributed by atoms with Crippen LogP contribution in [0.2, 0.25) is 0 Å². The lowest BCUT2D eigenvalue weighted by Gasteiger charge is -2.57. The van der Waals surface area contributed by atoms with Crippen molar-refractivity contribution in [2.45, 2.75) is 58.8 Å². The minimum absolute atomic E-state index is 0.258. The van der Waals surface area contributed by atoms with Crippen LogP contribution in [0.15, 0.2) is 36.4 Å². The van der Waals surface area contributed by atoms with Gasteiger partial charge in [-0.15, -0.1) is 0 Å². The number of rotatable bonds is 1. The molecule has 0 N–H and O–H groups in total. The zero-order chi connectivity index (χ0) is 17.9. The number of aromatic nitrogens is 2. The van der Waals surface area contributed by atoms with Crippen LogP contribution in [0.25, 0.3) is 5.57 Å². The van der Waals surface area contributed by atoms with Gasteiger partial charge in [-0.25, -0.2) is 9.97 Å². The molecule has 4 aliphatic rings. The van der Waals surface area contributed by atoms with Gasteiger partial charge < -0.3 is 0 Å². The Balaban J connectivity index is 1.48. The molecule has 5 atom stereocenters. The molecule has 26 heavy (non-hydrogen) atoms. The highest BCUT2D eigenvalue weighted by Crippen LogP contribution is 2.66. The minimum atomic E-state index is 0.258. The van der Waals surface area contributed by atoms with E-state index in [0.717, 1.165) is 37.0 Å². The van der Waals surface area contributed by atoms with Crippen LogP contribution in [-0.4, -0.2) is 15.8 Å². The summed E-state index contributed by atoms with van der Waals surface area (Å²) < 4.78 is 0. The van der Waals surface area contributed by atoms with Gasteiger partial charge in [-0.1, -0.05) is 25.5 Å². The van der Waals surface area contributed by atoms with Crippen LogP contribution in [0.5, 0.6) is 0 Å². The molecule has 5 rings (SSSR count). The zero-order valence-electron chi connectivity index (χ0n) is 15.9. The van der Waals surface area contributed by atoms with Crippen LogP contribution in [-0.2, 0) is 4.79 Å². The van der Waals surface area contributed by atoms with E-state index in [9.17, 15) is 4.79 Å². The number of allylic oxidation sites excluding steroid dienone is 4. The standard InChI is InChI=1S/C23H28N2O/c1-22-9-7-17(26)11-16(22)3-4-18-20-6-5-19(15-12-24-14-25-13-15)23(20,2)10-8-21(18)22/h5,11-14,18,20-21H,3-4,6-10H2,1-2H3/t18-,20?,21?,22+,23-/m1/s1. The maximum Gasteiger partial charge on any atom is 0.155 e. The summed E-state index contributed by atoms with van der Waals surface area (Å²) in [5.74, 6) is 2.61. The van der Waals surface area contributed by atoms with E-state index in [2.05, 4.69) is 29.9 Å². The number of fused-ring (bicyclic) bond motifs is 5. The van der Waals surface area contributed by atoms with Crippen molar-refractivity contribution < 1.29 is 4.79 Å². The Morgan fingerprint density at radius 1 is 1.00 bits per heavy atom. The van der Waals surface area contributed by atoms with E-state index in [4.69, 9.17) is 0 Å². The second kappa shape index (κ2) is 5.61. The van der Waals surface area contributed by atoms with Crippen molar-refractivity contribution in [3.63, 3.8) is 0 Å². The van der Waals surface area contributed by atoms with Crippen LogP contribution >= 0.6 is 0 Å². The van der Waals surface area contributed by atoms with Gasteiger partial charge in [-0.05, 0) is 78.8 Å². The molecule has 1 heterocycles. The molecule has 3 nitrogen and oxygen atoms in total. The fourth-order valence-electron chi connectivity index (χ4n) is 7.01. The van der Waals surface area contributed by atoms with Gasteiger partial charge in [0, 0.05) is 24.4 Å². The fourth-order valence-corrected chi connectivity index (χ4v) is 7.01. The van der Waals surface area contributed by atoms with E-state index in [1.165, 1.54) is 42.4 Å². The molecular weight excluding hydrogens is 320 g/mol. The molecule has 2 saturated carbocycles. The molecule has 0 saturated heterocycles. The van der Waals surface area contributed by atoms with Gasteiger partial charge in [0.25, 0.3) is 0 Å². The lowest BCUT2D eigenvalue weighted by Crippen LogP contribution is -2.49. The maximum atomic E-state index is 12.0. The van der Waals surface area contributed by atoms with Crippen molar-refractivity contribution in [1.82, 2.24) is 9.97 Å². The van der Waals surface area contributed by atoms with Gasteiger partial charge >= 0.3 is 0 Å². The molecule has 0 bridgehead atoms. The summed E-state index contributed by atoms with van der Waals surface area (Å²) >= 11 is 0. The van der Waals surface area contributed by atoms with Gasteiger partial charge in [0.1, 0.15) is 6.33 Å². The highest BCUT2D eigenvalue weighted by Gasteiger charge is 2.57. The average molecular weight is 348 g/mol. The average Bonchev–Trinajstić information content (AvgIpc) is 3.00. The summed E-state index contributed by atoms with van der Waals surface area (Å²) in [6.07, 6.45) is 18.0. The first-order valence-electron chi connectivity index (χ1n) is 10.2. The predicted octanol–water partition coefficient (Wildman–Crippen LogP) is 5.00. The molecule has 1 aromatic heterocycles. The summed E-state index contributed by atoms with van der Waals surface area (Å²) in [5, 5.41) is 0. The molecule has 0 spiro atoms. The Bertz CT molecular complexity index is 811. The summed E-state index contributed by atoms with van der Waals surface area (Å²) in [7, 11) is 0. The smallest absolute Gasteiger partial charge is 0.155 e. The van der Waals surface area contributed by atoms with Crippen LogP contribution in [0.4, 0.5) is 0 Å². The van der Waals surface area contributed by atoms with Gasteiger partial charge in [0.15, 0.2) is 5.78 Å². The molecule has 4 aliphatic carbocycles. The molecule has 0 amide bonds.